The van der Waals surface area contributed by atoms with Crippen molar-refractivity contribution < 1.29 is 13.2 Å². The molecule has 3 N–H and O–H groups in total. The zero-order valence-corrected chi connectivity index (χ0v) is 12.2. The van der Waals surface area contributed by atoms with Gasteiger partial charge in [-0.15, -0.1) is 0 Å². The lowest BCUT2D eigenvalue weighted by molar-refractivity contribution is 0.403. The van der Waals surface area contributed by atoms with Gasteiger partial charge in [0.25, 0.3) is 10.0 Å². The summed E-state index contributed by atoms with van der Waals surface area (Å²) in [5, 5.41) is 0.311. The minimum Gasteiger partial charge on any atom is -0.495 e. The van der Waals surface area contributed by atoms with Crippen molar-refractivity contribution in [3.05, 3.63) is 47.5 Å². The molecule has 0 unspecified atom stereocenters. The van der Waals surface area contributed by atoms with Crippen molar-refractivity contribution in [2.75, 3.05) is 17.6 Å². The fourth-order valence-electron chi connectivity index (χ4n) is 1.65. The molecule has 0 aliphatic carbocycles. The van der Waals surface area contributed by atoms with Gasteiger partial charge >= 0.3 is 0 Å². The van der Waals surface area contributed by atoms with E-state index >= 15 is 0 Å². The number of rotatable bonds is 4. The van der Waals surface area contributed by atoms with Crippen LogP contribution in [-0.2, 0) is 10.0 Å². The number of anilines is 2. The van der Waals surface area contributed by atoms with E-state index in [1.165, 1.54) is 25.3 Å². The summed E-state index contributed by atoms with van der Waals surface area (Å²) in [4.78, 5) is -0.00544. The summed E-state index contributed by atoms with van der Waals surface area (Å²) < 4.78 is 32.2. The van der Waals surface area contributed by atoms with Crippen LogP contribution in [0.25, 0.3) is 0 Å². The van der Waals surface area contributed by atoms with Gasteiger partial charge in [-0.2, -0.15) is 0 Å². The first-order valence-electron chi connectivity index (χ1n) is 5.65. The number of nitrogen functional groups attached to an aromatic ring is 1. The summed E-state index contributed by atoms with van der Waals surface area (Å²) >= 11 is 5.94. The smallest absolute Gasteiger partial charge is 0.265 e. The maximum atomic E-state index is 12.4. The van der Waals surface area contributed by atoms with E-state index in [0.29, 0.717) is 16.4 Å². The van der Waals surface area contributed by atoms with E-state index in [2.05, 4.69) is 4.72 Å². The Morgan fingerprint density at radius 1 is 1.20 bits per heavy atom. The molecule has 106 valence electrons. The van der Waals surface area contributed by atoms with Crippen LogP contribution >= 0.6 is 11.6 Å². The molecular formula is C13H13ClN2O3S. The average Bonchev–Trinajstić information content (AvgIpc) is 2.40. The van der Waals surface area contributed by atoms with Gasteiger partial charge in [-0.1, -0.05) is 23.7 Å². The largest absolute Gasteiger partial charge is 0.495 e. The van der Waals surface area contributed by atoms with Crippen molar-refractivity contribution in [2.24, 2.45) is 0 Å². The molecule has 0 saturated carbocycles. The highest BCUT2D eigenvalue weighted by molar-refractivity contribution is 7.92. The highest BCUT2D eigenvalue weighted by atomic mass is 35.5. The molecule has 2 aromatic carbocycles. The number of sulfonamides is 1. The molecule has 0 radical (unpaired) electrons. The fraction of sp³-hybridized carbons (Fsp3) is 0.0769. The minimum absolute atomic E-state index is 0.00544. The second kappa shape index (κ2) is 5.60. The van der Waals surface area contributed by atoms with Crippen LogP contribution in [0.3, 0.4) is 0 Å². The molecule has 20 heavy (non-hydrogen) atoms. The quantitative estimate of drug-likeness (QED) is 0.851. The van der Waals surface area contributed by atoms with Crippen LogP contribution in [0, 0.1) is 0 Å². The molecule has 0 aromatic heterocycles. The van der Waals surface area contributed by atoms with Crippen molar-refractivity contribution in [2.45, 2.75) is 4.90 Å². The summed E-state index contributed by atoms with van der Waals surface area (Å²) in [5.41, 5.74) is 6.32. The third kappa shape index (κ3) is 2.97. The van der Waals surface area contributed by atoms with Crippen LogP contribution in [-0.4, -0.2) is 15.5 Å². The Labute approximate surface area is 122 Å². The molecule has 0 saturated heterocycles. The van der Waals surface area contributed by atoms with Crippen molar-refractivity contribution in [3.8, 4) is 5.75 Å². The highest BCUT2D eigenvalue weighted by Crippen LogP contribution is 2.29. The molecule has 2 aromatic rings. The number of nitrogens with two attached hydrogens (primary N) is 1. The number of halogens is 1. The number of ether oxygens (including phenoxy) is 1. The fourth-order valence-corrected chi connectivity index (χ4v) is 3.12. The molecule has 0 aliphatic heterocycles. The van der Waals surface area contributed by atoms with Crippen molar-refractivity contribution in [3.63, 3.8) is 0 Å². The summed E-state index contributed by atoms with van der Waals surface area (Å²) in [5.74, 6) is 0.171. The summed E-state index contributed by atoms with van der Waals surface area (Å²) in [6.07, 6.45) is 0. The predicted octanol–water partition coefficient (Wildman–Crippen LogP) is 2.73. The molecule has 7 heteroatoms. The van der Waals surface area contributed by atoms with Gasteiger partial charge in [0.1, 0.15) is 10.6 Å². The molecule has 0 atom stereocenters. The van der Waals surface area contributed by atoms with Gasteiger partial charge in [-0.25, -0.2) is 8.42 Å². The molecule has 0 heterocycles. The van der Waals surface area contributed by atoms with E-state index in [0.717, 1.165) is 0 Å². The number of benzene rings is 2. The van der Waals surface area contributed by atoms with Crippen molar-refractivity contribution in [1.29, 1.82) is 0 Å². The third-order valence-electron chi connectivity index (χ3n) is 2.60. The highest BCUT2D eigenvalue weighted by Gasteiger charge is 2.20. The third-order valence-corrected chi connectivity index (χ3v) is 4.33. The van der Waals surface area contributed by atoms with Crippen molar-refractivity contribution >= 4 is 33.0 Å². The Bertz CT molecular complexity index is 732. The van der Waals surface area contributed by atoms with Gasteiger partial charge in [0.15, 0.2) is 0 Å². The first-order valence-corrected chi connectivity index (χ1v) is 7.51. The normalized spacial score (nSPS) is 11.1. The van der Waals surface area contributed by atoms with Crippen LogP contribution in [0.4, 0.5) is 11.4 Å². The molecule has 2 rings (SSSR count). The second-order valence-corrected chi connectivity index (χ2v) is 6.05. The summed E-state index contributed by atoms with van der Waals surface area (Å²) in [6, 6.07) is 10.9. The average molecular weight is 313 g/mol. The molecule has 0 aliphatic rings. The Balaban J connectivity index is 2.44. The van der Waals surface area contributed by atoms with Gasteiger partial charge in [-0.05, 0) is 24.3 Å². The van der Waals surface area contributed by atoms with Gasteiger partial charge in [0, 0.05) is 11.8 Å². The summed E-state index contributed by atoms with van der Waals surface area (Å²) in [7, 11) is -2.43. The number of para-hydroxylation sites is 1. The Kier molecular flexibility index (Phi) is 4.06. The van der Waals surface area contributed by atoms with Crippen LogP contribution < -0.4 is 15.2 Å². The van der Waals surface area contributed by atoms with E-state index in [1.807, 2.05) is 0 Å². The lowest BCUT2D eigenvalue weighted by Crippen LogP contribution is -2.14. The molecule has 5 nitrogen and oxygen atoms in total. The SMILES string of the molecule is COc1cc(N)ccc1S(=O)(=O)Nc1ccccc1Cl. The molecule has 0 bridgehead atoms. The monoisotopic (exact) mass is 312 g/mol. The minimum atomic E-state index is -3.81. The van der Waals surface area contributed by atoms with E-state index in [4.69, 9.17) is 22.1 Å². The summed E-state index contributed by atoms with van der Waals surface area (Å²) in [6.45, 7) is 0. The number of methoxy groups -OCH3 is 1. The van der Waals surface area contributed by atoms with E-state index < -0.39 is 10.0 Å². The second-order valence-electron chi connectivity index (χ2n) is 4.00. The standard InChI is InChI=1S/C13H13ClN2O3S/c1-19-12-8-9(15)6-7-13(12)20(17,18)16-11-5-3-2-4-10(11)14/h2-8,16H,15H2,1H3. The van der Waals surface area contributed by atoms with E-state index in [-0.39, 0.29) is 10.6 Å². The van der Waals surface area contributed by atoms with Gasteiger partial charge in [-0.3, -0.25) is 4.72 Å². The zero-order valence-electron chi connectivity index (χ0n) is 10.6. The van der Waals surface area contributed by atoms with Crippen molar-refractivity contribution in [1.82, 2.24) is 0 Å². The van der Waals surface area contributed by atoms with Crippen LogP contribution in [0.2, 0.25) is 5.02 Å². The topological polar surface area (TPSA) is 81.4 Å². The van der Waals surface area contributed by atoms with E-state index in [9.17, 15) is 8.42 Å². The molecule has 0 fully saturated rings. The number of hydrogen-bond donors (Lipinski definition) is 2. The van der Waals surface area contributed by atoms with Crippen LogP contribution in [0.15, 0.2) is 47.4 Å². The lowest BCUT2D eigenvalue weighted by Gasteiger charge is -2.12. The Morgan fingerprint density at radius 2 is 1.90 bits per heavy atom. The Morgan fingerprint density at radius 3 is 2.55 bits per heavy atom. The van der Waals surface area contributed by atoms with Gasteiger partial charge in [0.05, 0.1) is 17.8 Å². The van der Waals surface area contributed by atoms with Gasteiger partial charge in [0.2, 0.25) is 0 Å². The lowest BCUT2D eigenvalue weighted by atomic mass is 10.3. The maximum absolute atomic E-state index is 12.4. The first kappa shape index (κ1) is 14.5. The number of hydrogen-bond acceptors (Lipinski definition) is 4. The zero-order chi connectivity index (χ0) is 14.8. The van der Waals surface area contributed by atoms with Gasteiger partial charge < -0.3 is 10.5 Å². The maximum Gasteiger partial charge on any atom is 0.265 e. The molecule has 0 amide bonds. The van der Waals surface area contributed by atoms with E-state index in [1.54, 1.807) is 24.3 Å². The van der Waals surface area contributed by atoms with Crippen LogP contribution in [0.5, 0.6) is 5.75 Å². The van der Waals surface area contributed by atoms with Crippen LogP contribution in [0.1, 0.15) is 0 Å². The first-order chi connectivity index (χ1) is 9.44. The predicted molar refractivity (Wildman–Crippen MR) is 79.7 cm³/mol. The number of nitrogens with one attached hydrogen (secondary N) is 1. The molecular weight excluding hydrogens is 300 g/mol. The molecule has 0 spiro atoms. The Hall–Kier alpha value is -1.92.